The molecule has 3 rings (SSSR count). The fourth-order valence-electron chi connectivity index (χ4n) is 1.90. The molecule has 3 aromatic heterocycles. The first-order valence-electron chi connectivity index (χ1n) is 6.80. The van der Waals surface area contributed by atoms with Gasteiger partial charge in [-0.3, -0.25) is 9.59 Å². The second-order valence-corrected chi connectivity index (χ2v) is 5.50. The molecule has 0 fully saturated rings. The number of nitrogens with zero attached hydrogens (tertiary/aromatic N) is 3. The molecule has 0 aromatic carbocycles. The largest absolute Gasteiger partial charge is 0.459 e. The van der Waals surface area contributed by atoms with E-state index in [0.717, 1.165) is 17.0 Å². The van der Waals surface area contributed by atoms with Gasteiger partial charge in [0.25, 0.3) is 11.8 Å². The Bertz CT molecular complexity index is 846. The van der Waals surface area contributed by atoms with Crippen molar-refractivity contribution < 1.29 is 18.4 Å². The van der Waals surface area contributed by atoms with Gasteiger partial charge in [0.05, 0.1) is 12.7 Å². The van der Waals surface area contributed by atoms with E-state index in [9.17, 15) is 9.59 Å². The molecule has 0 radical (unpaired) electrons. The maximum atomic E-state index is 11.7. The van der Waals surface area contributed by atoms with Crippen molar-refractivity contribution in [3.05, 3.63) is 45.0 Å². The Labute approximate surface area is 134 Å². The van der Waals surface area contributed by atoms with Crippen LogP contribution in [0.1, 0.15) is 18.0 Å². The van der Waals surface area contributed by atoms with E-state index in [1.165, 1.54) is 10.8 Å². The third kappa shape index (κ3) is 3.57. The van der Waals surface area contributed by atoms with Crippen molar-refractivity contribution in [1.82, 2.24) is 14.8 Å². The summed E-state index contributed by atoms with van der Waals surface area (Å²) in [6.07, 6.45) is 1.59. The van der Waals surface area contributed by atoms with Gasteiger partial charge in [-0.25, -0.2) is 0 Å². The van der Waals surface area contributed by atoms with Gasteiger partial charge in [0, 0.05) is 17.6 Å². The quantitative estimate of drug-likeness (QED) is 0.635. The summed E-state index contributed by atoms with van der Waals surface area (Å²) in [5, 5.41) is 9.33. The van der Waals surface area contributed by atoms with E-state index in [4.69, 9.17) is 13.6 Å². The highest BCUT2D eigenvalue weighted by molar-refractivity contribution is 7.07. The lowest BCUT2D eigenvalue weighted by atomic mass is 10.4. The molecule has 23 heavy (non-hydrogen) atoms. The molecule has 0 unspecified atom stereocenters. The molecule has 0 aliphatic rings. The van der Waals surface area contributed by atoms with E-state index in [1.807, 2.05) is 6.92 Å². The minimum atomic E-state index is -0.444. The second kappa shape index (κ2) is 6.61. The number of thiazole rings is 1. The van der Waals surface area contributed by atoms with Crippen LogP contribution in [-0.2, 0) is 22.7 Å². The third-order valence-corrected chi connectivity index (χ3v) is 3.95. The molecule has 0 atom stereocenters. The summed E-state index contributed by atoms with van der Waals surface area (Å²) in [4.78, 5) is 23.2. The summed E-state index contributed by atoms with van der Waals surface area (Å²) in [7, 11) is 0. The lowest BCUT2D eigenvalue weighted by Crippen LogP contribution is -2.17. The van der Waals surface area contributed by atoms with Crippen LogP contribution in [0.5, 0.6) is 0 Å². The number of carbonyl (C=O) groups is 1. The number of rotatable bonds is 6. The van der Waals surface area contributed by atoms with Crippen LogP contribution in [0.15, 0.2) is 37.4 Å². The number of hydrogen-bond donors (Lipinski definition) is 0. The van der Waals surface area contributed by atoms with E-state index in [0.29, 0.717) is 5.76 Å². The maximum Gasteiger partial charge on any atom is 0.308 e. The van der Waals surface area contributed by atoms with Crippen LogP contribution in [0.4, 0.5) is 0 Å². The van der Waals surface area contributed by atoms with Crippen LogP contribution in [-0.4, -0.2) is 20.7 Å². The molecule has 0 N–H and O–H groups in total. The summed E-state index contributed by atoms with van der Waals surface area (Å²) in [5.74, 6) is 0.401. The number of furan rings is 1. The number of esters is 1. The summed E-state index contributed by atoms with van der Waals surface area (Å²) >= 11 is 1.11. The third-order valence-electron chi connectivity index (χ3n) is 3.07. The zero-order chi connectivity index (χ0) is 16.2. The maximum absolute atomic E-state index is 11.7. The highest BCUT2D eigenvalue weighted by Crippen LogP contribution is 2.18. The average Bonchev–Trinajstić information content (AvgIpc) is 3.25. The lowest BCUT2D eigenvalue weighted by Gasteiger charge is -2.04. The van der Waals surface area contributed by atoms with Crippen LogP contribution in [0.25, 0.3) is 11.7 Å². The molecule has 120 valence electrons. The topological polar surface area (TPSA) is 100 Å². The number of aryl methyl sites for hydroxylation is 1. The van der Waals surface area contributed by atoms with E-state index >= 15 is 0 Å². The summed E-state index contributed by atoms with van der Waals surface area (Å²) in [5.41, 5.74) is 0.827. The van der Waals surface area contributed by atoms with Gasteiger partial charge in [-0.15, -0.1) is 10.2 Å². The van der Waals surface area contributed by atoms with Gasteiger partial charge in [0.1, 0.15) is 0 Å². The van der Waals surface area contributed by atoms with Gasteiger partial charge in [-0.2, -0.15) is 0 Å². The fourth-order valence-corrected chi connectivity index (χ4v) is 2.66. The first kappa shape index (κ1) is 15.2. The van der Waals surface area contributed by atoms with Crippen molar-refractivity contribution in [2.24, 2.45) is 0 Å². The van der Waals surface area contributed by atoms with Crippen molar-refractivity contribution in [2.75, 3.05) is 0 Å². The van der Waals surface area contributed by atoms with Crippen LogP contribution >= 0.6 is 11.3 Å². The molecular formula is C14H13N3O5S. The first-order valence-corrected chi connectivity index (χ1v) is 7.68. The van der Waals surface area contributed by atoms with Gasteiger partial charge in [-0.1, -0.05) is 11.3 Å². The van der Waals surface area contributed by atoms with E-state index < -0.39 is 5.97 Å². The Morgan fingerprint density at radius 3 is 3.00 bits per heavy atom. The SMILES string of the molecule is Cc1csc(=O)n1CCC(=O)OCc1nnc(-c2ccco2)o1. The molecule has 3 heterocycles. The Balaban J connectivity index is 1.50. The molecule has 9 heteroatoms. The van der Waals surface area contributed by atoms with Crippen LogP contribution in [0.2, 0.25) is 0 Å². The molecule has 0 aliphatic carbocycles. The average molecular weight is 335 g/mol. The Hall–Kier alpha value is -2.68. The minimum absolute atomic E-state index is 0.0877. The number of aromatic nitrogens is 3. The van der Waals surface area contributed by atoms with Gasteiger partial charge >= 0.3 is 10.8 Å². The van der Waals surface area contributed by atoms with E-state index in [1.54, 1.807) is 17.5 Å². The molecule has 8 nitrogen and oxygen atoms in total. The Morgan fingerprint density at radius 2 is 2.30 bits per heavy atom. The summed E-state index contributed by atoms with van der Waals surface area (Å²) < 4.78 is 17.0. The van der Waals surface area contributed by atoms with Gasteiger partial charge in [0.15, 0.2) is 12.4 Å². The van der Waals surface area contributed by atoms with Crippen molar-refractivity contribution >= 4 is 17.3 Å². The first-order chi connectivity index (χ1) is 11.1. The van der Waals surface area contributed by atoms with Crippen LogP contribution in [0, 0.1) is 6.92 Å². The predicted molar refractivity (Wildman–Crippen MR) is 79.7 cm³/mol. The molecule has 0 bridgehead atoms. The molecule has 0 saturated carbocycles. The van der Waals surface area contributed by atoms with Crippen LogP contribution in [0.3, 0.4) is 0 Å². The molecule has 0 spiro atoms. The smallest absolute Gasteiger partial charge is 0.308 e. The number of carbonyl (C=O) groups excluding carboxylic acids is 1. The highest BCUT2D eigenvalue weighted by atomic mass is 32.1. The number of hydrogen-bond acceptors (Lipinski definition) is 8. The minimum Gasteiger partial charge on any atom is -0.459 e. The second-order valence-electron chi connectivity index (χ2n) is 4.68. The standard InChI is InChI=1S/C14H13N3O5S/c1-9-8-23-14(19)17(9)5-4-12(18)21-7-11-15-16-13(22-11)10-3-2-6-20-10/h2-3,6,8H,4-5,7H2,1H3. The zero-order valence-corrected chi connectivity index (χ0v) is 13.0. The van der Waals surface area contributed by atoms with Crippen molar-refractivity contribution in [1.29, 1.82) is 0 Å². The normalized spacial score (nSPS) is 10.8. The van der Waals surface area contributed by atoms with Gasteiger partial charge in [-0.05, 0) is 19.1 Å². The molecule has 0 saturated heterocycles. The van der Waals surface area contributed by atoms with E-state index in [2.05, 4.69) is 10.2 Å². The fraction of sp³-hybridized carbons (Fsp3) is 0.286. The lowest BCUT2D eigenvalue weighted by molar-refractivity contribution is -0.145. The summed E-state index contributed by atoms with van der Waals surface area (Å²) in [6, 6.07) is 3.39. The van der Waals surface area contributed by atoms with Crippen molar-refractivity contribution in [2.45, 2.75) is 26.5 Å². The molecular weight excluding hydrogens is 322 g/mol. The molecule has 3 aromatic rings. The highest BCUT2D eigenvalue weighted by Gasteiger charge is 2.13. The zero-order valence-electron chi connectivity index (χ0n) is 12.2. The van der Waals surface area contributed by atoms with Gasteiger partial charge < -0.3 is 18.1 Å². The Kier molecular flexibility index (Phi) is 4.38. The van der Waals surface area contributed by atoms with Crippen molar-refractivity contribution in [3.63, 3.8) is 0 Å². The Morgan fingerprint density at radius 1 is 1.43 bits per heavy atom. The number of ether oxygens (including phenoxy) is 1. The van der Waals surface area contributed by atoms with E-state index in [-0.39, 0.29) is 36.2 Å². The monoisotopic (exact) mass is 335 g/mol. The molecule has 0 amide bonds. The molecule has 0 aliphatic heterocycles. The van der Waals surface area contributed by atoms with Crippen molar-refractivity contribution in [3.8, 4) is 11.7 Å². The predicted octanol–water partition coefficient (Wildman–Crippen LogP) is 1.99. The summed E-state index contributed by atoms with van der Waals surface area (Å²) in [6.45, 7) is 1.98. The van der Waals surface area contributed by atoms with Gasteiger partial charge in [0.2, 0.25) is 0 Å². The van der Waals surface area contributed by atoms with Crippen LogP contribution < -0.4 is 4.87 Å².